The topological polar surface area (TPSA) is 55.4 Å². The summed E-state index contributed by atoms with van der Waals surface area (Å²) in [6, 6.07) is 9.77. The molecule has 1 aliphatic carbocycles. The van der Waals surface area contributed by atoms with Crippen molar-refractivity contribution in [2.75, 3.05) is 7.11 Å². The predicted octanol–water partition coefficient (Wildman–Crippen LogP) is 4.92. The van der Waals surface area contributed by atoms with Gasteiger partial charge in [0.1, 0.15) is 0 Å². The summed E-state index contributed by atoms with van der Waals surface area (Å²) < 4.78 is 5.11. The van der Waals surface area contributed by atoms with Crippen LogP contribution >= 0.6 is 11.3 Å². The third-order valence-electron chi connectivity index (χ3n) is 5.76. The summed E-state index contributed by atoms with van der Waals surface area (Å²) in [5, 5.41) is 7.32. The maximum absolute atomic E-state index is 13.3. The first kappa shape index (κ1) is 21.1. The molecule has 2 aromatic rings. The second-order valence-corrected chi connectivity index (χ2v) is 9.52. The Morgan fingerprint density at radius 2 is 1.90 bits per heavy atom. The average molecular weight is 432 g/mol. The van der Waals surface area contributed by atoms with Crippen LogP contribution in [0, 0.1) is 17.3 Å². The number of carbonyl (C=O) groups excluding carboxylic acids is 2. The number of ketones is 1. The zero-order valence-electron chi connectivity index (χ0n) is 18.2. The summed E-state index contributed by atoms with van der Waals surface area (Å²) >= 11 is 1.53. The normalized spacial score (nSPS) is 19.9. The van der Waals surface area contributed by atoms with E-state index in [1.54, 1.807) is 0 Å². The number of benzene rings is 1. The number of esters is 1. The molecule has 2 aliphatic rings. The minimum Gasteiger partial charge on any atom is -0.466 e. The van der Waals surface area contributed by atoms with Gasteiger partial charge in [-0.25, -0.2) is 4.79 Å². The molecule has 0 spiro atoms. The van der Waals surface area contributed by atoms with Gasteiger partial charge in [0, 0.05) is 39.9 Å². The third-order valence-corrected chi connectivity index (χ3v) is 6.53. The molecule has 0 saturated heterocycles. The van der Waals surface area contributed by atoms with E-state index in [9.17, 15) is 9.59 Å². The molecule has 1 aromatic carbocycles. The fourth-order valence-electron chi connectivity index (χ4n) is 4.42. The minimum absolute atomic E-state index is 0.0748. The number of ether oxygens (including phenoxy) is 1. The van der Waals surface area contributed by atoms with Gasteiger partial charge in [0.05, 0.1) is 18.6 Å². The summed E-state index contributed by atoms with van der Waals surface area (Å²) in [4.78, 5) is 26.1. The van der Waals surface area contributed by atoms with E-state index in [2.05, 4.69) is 31.0 Å². The number of methoxy groups -OCH3 is 1. The van der Waals surface area contributed by atoms with Crippen molar-refractivity contribution in [2.45, 2.75) is 39.5 Å². The van der Waals surface area contributed by atoms with Crippen LogP contribution in [0.1, 0.15) is 56.2 Å². The lowest BCUT2D eigenvalue weighted by Crippen LogP contribution is -2.38. The first-order valence-electron chi connectivity index (χ1n) is 10.3. The Hall–Kier alpha value is -3.10. The standard InChI is InChI=1S/C26H25NO3S/c1-16-22(25(29)30-4)23(24-20(27-16)12-26(2,3)13-21(24)28)19-15-31-14-18(19)11-10-17-8-6-5-7-9-17/h5-9,14-15,23,27H,12-13H2,1-4H3/t23-/m0/s1. The number of hydrogen-bond acceptors (Lipinski definition) is 5. The van der Waals surface area contributed by atoms with E-state index in [4.69, 9.17) is 4.74 Å². The summed E-state index contributed by atoms with van der Waals surface area (Å²) in [5.41, 5.74) is 5.30. The largest absolute Gasteiger partial charge is 0.466 e. The Bertz CT molecular complexity index is 1170. The molecule has 1 atom stereocenters. The highest BCUT2D eigenvalue weighted by Gasteiger charge is 2.43. The van der Waals surface area contributed by atoms with Crippen LogP contribution in [0.4, 0.5) is 0 Å². The number of allylic oxidation sites excluding steroid dienone is 3. The van der Waals surface area contributed by atoms with E-state index in [1.807, 2.05) is 48.0 Å². The van der Waals surface area contributed by atoms with Gasteiger partial charge in [0.25, 0.3) is 0 Å². The van der Waals surface area contributed by atoms with Crippen LogP contribution in [-0.2, 0) is 14.3 Å². The van der Waals surface area contributed by atoms with Crippen molar-refractivity contribution >= 4 is 23.1 Å². The van der Waals surface area contributed by atoms with E-state index < -0.39 is 11.9 Å². The number of nitrogens with one attached hydrogen (secondary N) is 1. The molecule has 1 N–H and O–H groups in total. The lowest BCUT2D eigenvalue weighted by molar-refractivity contribution is -0.136. The molecule has 1 aliphatic heterocycles. The van der Waals surface area contributed by atoms with E-state index >= 15 is 0 Å². The molecule has 1 aromatic heterocycles. The van der Waals surface area contributed by atoms with E-state index in [-0.39, 0.29) is 11.2 Å². The second kappa shape index (κ2) is 8.20. The van der Waals surface area contributed by atoms with Gasteiger partial charge < -0.3 is 10.1 Å². The van der Waals surface area contributed by atoms with Gasteiger partial charge in [-0.15, -0.1) is 0 Å². The maximum atomic E-state index is 13.3. The number of thiophene rings is 1. The molecule has 0 fully saturated rings. The smallest absolute Gasteiger partial charge is 0.336 e. The van der Waals surface area contributed by atoms with Gasteiger partial charge in [0.15, 0.2) is 5.78 Å². The van der Waals surface area contributed by atoms with Crippen molar-refractivity contribution in [1.82, 2.24) is 5.32 Å². The zero-order valence-corrected chi connectivity index (χ0v) is 19.0. The highest BCUT2D eigenvalue weighted by atomic mass is 32.1. The molecule has 158 valence electrons. The fraction of sp³-hybridized carbons (Fsp3) is 0.308. The van der Waals surface area contributed by atoms with Crippen molar-refractivity contribution in [3.8, 4) is 11.8 Å². The Labute approximate surface area is 187 Å². The number of rotatable bonds is 2. The maximum Gasteiger partial charge on any atom is 0.336 e. The van der Waals surface area contributed by atoms with Crippen LogP contribution in [0.5, 0.6) is 0 Å². The summed E-state index contributed by atoms with van der Waals surface area (Å²) in [5.74, 6) is 5.63. The van der Waals surface area contributed by atoms with Crippen molar-refractivity contribution in [3.05, 3.63) is 80.3 Å². The number of Topliss-reactive ketones (excluding diaryl/α,β-unsaturated/α-hetero) is 1. The quantitative estimate of drug-likeness (QED) is 0.541. The lowest BCUT2D eigenvalue weighted by Gasteiger charge is -2.39. The van der Waals surface area contributed by atoms with E-state index in [0.29, 0.717) is 17.6 Å². The molecular formula is C26H25NO3S. The van der Waals surface area contributed by atoms with Gasteiger partial charge in [0.2, 0.25) is 0 Å². The average Bonchev–Trinajstić information content (AvgIpc) is 3.18. The van der Waals surface area contributed by atoms with Crippen molar-refractivity contribution in [3.63, 3.8) is 0 Å². The van der Waals surface area contributed by atoms with Crippen LogP contribution in [0.3, 0.4) is 0 Å². The second-order valence-electron chi connectivity index (χ2n) is 8.78. The fourth-order valence-corrected chi connectivity index (χ4v) is 5.23. The summed E-state index contributed by atoms with van der Waals surface area (Å²) in [6.07, 6.45) is 1.21. The van der Waals surface area contributed by atoms with Crippen molar-refractivity contribution < 1.29 is 14.3 Å². The molecule has 0 saturated carbocycles. The zero-order chi connectivity index (χ0) is 22.2. The van der Waals surface area contributed by atoms with Crippen LogP contribution in [0.2, 0.25) is 0 Å². The Morgan fingerprint density at radius 3 is 2.61 bits per heavy atom. The molecule has 0 radical (unpaired) electrons. The van der Waals surface area contributed by atoms with Crippen molar-refractivity contribution in [1.29, 1.82) is 0 Å². The number of hydrogen-bond donors (Lipinski definition) is 1. The lowest BCUT2D eigenvalue weighted by atomic mass is 9.68. The third kappa shape index (κ3) is 4.08. The Balaban J connectivity index is 1.86. The van der Waals surface area contributed by atoms with Gasteiger partial charge in [-0.05, 0) is 41.8 Å². The predicted molar refractivity (Wildman–Crippen MR) is 122 cm³/mol. The van der Waals surface area contributed by atoms with Crippen LogP contribution in [0.25, 0.3) is 0 Å². The Kier molecular flexibility index (Phi) is 5.60. The summed E-state index contributed by atoms with van der Waals surface area (Å²) in [7, 11) is 1.37. The highest BCUT2D eigenvalue weighted by Crippen LogP contribution is 2.47. The highest BCUT2D eigenvalue weighted by molar-refractivity contribution is 7.08. The minimum atomic E-state index is -0.473. The van der Waals surface area contributed by atoms with Crippen LogP contribution in [0.15, 0.2) is 63.6 Å². The van der Waals surface area contributed by atoms with Crippen LogP contribution in [-0.4, -0.2) is 18.9 Å². The molecule has 2 heterocycles. The van der Waals surface area contributed by atoms with Crippen molar-refractivity contribution in [2.24, 2.45) is 5.41 Å². The number of carbonyl (C=O) groups is 2. The molecule has 0 bridgehead atoms. The molecular weight excluding hydrogens is 406 g/mol. The Morgan fingerprint density at radius 1 is 1.16 bits per heavy atom. The SMILES string of the molecule is COC(=O)C1=C(C)NC2=C(C(=O)CC(C)(C)C2)[C@H]1c1cscc1C#Cc1ccccc1. The van der Waals surface area contributed by atoms with Crippen LogP contribution < -0.4 is 5.32 Å². The molecule has 0 unspecified atom stereocenters. The summed E-state index contributed by atoms with van der Waals surface area (Å²) in [6.45, 7) is 6.07. The first-order chi connectivity index (χ1) is 14.8. The number of dihydropyridines is 1. The molecule has 31 heavy (non-hydrogen) atoms. The first-order valence-corrected chi connectivity index (χ1v) is 11.2. The molecule has 0 amide bonds. The van der Waals surface area contributed by atoms with Gasteiger partial charge in [-0.1, -0.05) is 43.9 Å². The molecule has 4 nitrogen and oxygen atoms in total. The molecule has 4 rings (SSSR count). The van der Waals surface area contributed by atoms with Gasteiger partial charge >= 0.3 is 5.97 Å². The van der Waals surface area contributed by atoms with E-state index in [1.165, 1.54) is 18.4 Å². The molecule has 5 heteroatoms. The van der Waals surface area contributed by atoms with E-state index in [0.717, 1.165) is 34.5 Å². The monoisotopic (exact) mass is 431 g/mol. The van der Waals surface area contributed by atoms with Gasteiger partial charge in [-0.2, -0.15) is 11.3 Å². The van der Waals surface area contributed by atoms with Gasteiger partial charge in [-0.3, -0.25) is 4.79 Å².